The van der Waals surface area contributed by atoms with E-state index in [4.69, 9.17) is 15.2 Å². The van der Waals surface area contributed by atoms with Crippen LogP contribution in [0.1, 0.15) is 18.4 Å². The molecule has 2 rings (SSSR count). The zero-order valence-corrected chi connectivity index (χ0v) is 10.2. The first-order valence-corrected chi connectivity index (χ1v) is 5.77. The van der Waals surface area contributed by atoms with Crippen molar-refractivity contribution in [2.45, 2.75) is 18.5 Å². The van der Waals surface area contributed by atoms with Crippen LogP contribution in [-0.2, 0) is 5.67 Å². The predicted molar refractivity (Wildman–Crippen MR) is 64.1 cm³/mol. The highest BCUT2D eigenvalue weighted by Crippen LogP contribution is 2.50. The summed E-state index contributed by atoms with van der Waals surface area (Å²) < 4.78 is 25.2. The summed E-state index contributed by atoms with van der Waals surface area (Å²) in [6, 6.07) is 5.15. The van der Waals surface area contributed by atoms with Gasteiger partial charge in [-0.05, 0) is 30.9 Å². The minimum atomic E-state index is -1.47. The molecular formula is C13H18FNO2. The molecule has 0 bridgehead atoms. The van der Waals surface area contributed by atoms with E-state index < -0.39 is 5.67 Å². The van der Waals surface area contributed by atoms with Crippen LogP contribution in [0.4, 0.5) is 4.39 Å². The lowest BCUT2D eigenvalue weighted by atomic mass is 9.90. The lowest BCUT2D eigenvalue weighted by molar-refractivity contribution is 0.138. The van der Waals surface area contributed by atoms with Crippen LogP contribution in [0, 0.1) is 5.92 Å². The molecule has 3 nitrogen and oxygen atoms in total. The number of hydrogen-bond donors (Lipinski definition) is 1. The van der Waals surface area contributed by atoms with E-state index in [-0.39, 0.29) is 12.5 Å². The number of halogens is 1. The third-order valence-corrected chi connectivity index (χ3v) is 3.38. The molecule has 0 heterocycles. The molecule has 1 aliphatic carbocycles. The van der Waals surface area contributed by atoms with Gasteiger partial charge in [0, 0.05) is 18.2 Å². The van der Waals surface area contributed by atoms with Gasteiger partial charge in [-0.25, -0.2) is 4.39 Å². The fourth-order valence-electron chi connectivity index (χ4n) is 2.18. The van der Waals surface area contributed by atoms with Crippen molar-refractivity contribution in [3.05, 3.63) is 23.8 Å². The third kappa shape index (κ3) is 2.09. The van der Waals surface area contributed by atoms with Gasteiger partial charge in [0.1, 0.15) is 11.5 Å². The van der Waals surface area contributed by atoms with Gasteiger partial charge < -0.3 is 15.2 Å². The molecule has 17 heavy (non-hydrogen) atoms. The Kier molecular flexibility index (Phi) is 3.24. The monoisotopic (exact) mass is 239 g/mol. The van der Waals surface area contributed by atoms with Crippen molar-refractivity contribution in [1.82, 2.24) is 0 Å². The van der Waals surface area contributed by atoms with E-state index in [0.717, 1.165) is 12.8 Å². The van der Waals surface area contributed by atoms with E-state index in [1.165, 1.54) is 7.11 Å². The Bertz CT molecular complexity index is 406. The summed E-state index contributed by atoms with van der Waals surface area (Å²) in [6.07, 6.45) is 1.78. The van der Waals surface area contributed by atoms with Crippen LogP contribution in [-0.4, -0.2) is 20.8 Å². The molecule has 1 fully saturated rings. The molecule has 0 spiro atoms. The highest BCUT2D eigenvalue weighted by molar-refractivity contribution is 5.45. The Morgan fingerprint density at radius 3 is 2.53 bits per heavy atom. The first kappa shape index (κ1) is 12.2. The molecule has 1 unspecified atom stereocenters. The minimum Gasteiger partial charge on any atom is -0.497 e. The second-order valence-corrected chi connectivity index (χ2v) is 4.41. The van der Waals surface area contributed by atoms with Gasteiger partial charge in [0.15, 0.2) is 5.67 Å². The fraction of sp³-hybridized carbons (Fsp3) is 0.538. The molecule has 1 aliphatic rings. The number of rotatable bonds is 5. The number of alkyl halides is 1. The minimum absolute atomic E-state index is 0.0135. The predicted octanol–water partition coefficient (Wildman–Crippen LogP) is 2.24. The Labute approximate surface area is 101 Å². The van der Waals surface area contributed by atoms with Gasteiger partial charge in [0.05, 0.1) is 14.2 Å². The maximum absolute atomic E-state index is 14.9. The summed E-state index contributed by atoms with van der Waals surface area (Å²) in [5.74, 6) is 1.18. The molecule has 1 aromatic rings. The summed E-state index contributed by atoms with van der Waals surface area (Å²) in [5.41, 5.74) is 4.67. The van der Waals surface area contributed by atoms with Gasteiger partial charge in [-0.3, -0.25) is 0 Å². The van der Waals surface area contributed by atoms with Crippen molar-refractivity contribution < 1.29 is 13.9 Å². The second-order valence-electron chi connectivity index (χ2n) is 4.41. The summed E-state index contributed by atoms with van der Waals surface area (Å²) in [7, 11) is 3.10. The fourth-order valence-corrected chi connectivity index (χ4v) is 2.18. The van der Waals surface area contributed by atoms with Crippen LogP contribution < -0.4 is 15.2 Å². The van der Waals surface area contributed by atoms with Crippen molar-refractivity contribution in [3.63, 3.8) is 0 Å². The van der Waals surface area contributed by atoms with Gasteiger partial charge in [0.2, 0.25) is 0 Å². The zero-order chi connectivity index (χ0) is 12.5. The molecule has 0 radical (unpaired) electrons. The van der Waals surface area contributed by atoms with Crippen molar-refractivity contribution in [2.75, 3.05) is 20.8 Å². The number of methoxy groups -OCH3 is 2. The maximum Gasteiger partial charge on any atom is 0.154 e. The Hall–Kier alpha value is -1.29. The molecule has 1 saturated carbocycles. The molecule has 94 valence electrons. The highest BCUT2D eigenvalue weighted by Gasteiger charge is 2.47. The van der Waals surface area contributed by atoms with E-state index >= 15 is 0 Å². The highest BCUT2D eigenvalue weighted by atomic mass is 19.1. The topological polar surface area (TPSA) is 44.5 Å². The Morgan fingerprint density at radius 2 is 2.06 bits per heavy atom. The number of hydrogen-bond acceptors (Lipinski definition) is 3. The van der Waals surface area contributed by atoms with E-state index in [0.29, 0.717) is 17.1 Å². The van der Waals surface area contributed by atoms with Crippen molar-refractivity contribution in [2.24, 2.45) is 11.7 Å². The van der Waals surface area contributed by atoms with Gasteiger partial charge in [-0.2, -0.15) is 0 Å². The van der Waals surface area contributed by atoms with Crippen molar-refractivity contribution >= 4 is 0 Å². The normalized spacial score (nSPS) is 18.6. The Balaban J connectivity index is 2.42. The molecule has 0 saturated heterocycles. The lowest BCUT2D eigenvalue weighted by Crippen LogP contribution is -2.33. The molecular weight excluding hydrogens is 221 g/mol. The molecule has 0 aromatic heterocycles. The number of benzene rings is 1. The first-order valence-electron chi connectivity index (χ1n) is 5.77. The van der Waals surface area contributed by atoms with E-state index in [1.807, 2.05) is 0 Å². The molecule has 0 amide bonds. The SMILES string of the molecule is COc1ccc(C(F)(CN)C2CC2)c(OC)c1. The average Bonchev–Trinajstić information content (AvgIpc) is 3.21. The standard InChI is InChI=1S/C13H18FNO2/c1-16-10-5-6-11(12(7-10)17-2)13(14,8-15)9-3-4-9/h5-7,9H,3-4,8,15H2,1-2H3. The van der Waals surface area contributed by atoms with Crippen molar-refractivity contribution in [3.8, 4) is 11.5 Å². The summed E-state index contributed by atoms with van der Waals surface area (Å²) in [5, 5.41) is 0. The van der Waals surface area contributed by atoms with Gasteiger partial charge in [0.25, 0.3) is 0 Å². The van der Waals surface area contributed by atoms with E-state index in [1.54, 1.807) is 25.3 Å². The first-order chi connectivity index (χ1) is 8.15. The van der Waals surface area contributed by atoms with Crippen LogP contribution in [0.5, 0.6) is 11.5 Å². The van der Waals surface area contributed by atoms with Crippen LogP contribution >= 0.6 is 0 Å². The largest absolute Gasteiger partial charge is 0.497 e. The second kappa shape index (κ2) is 4.53. The average molecular weight is 239 g/mol. The summed E-state index contributed by atoms with van der Waals surface area (Å²) >= 11 is 0. The maximum atomic E-state index is 14.9. The quantitative estimate of drug-likeness (QED) is 0.857. The Morgan fingerprint density at radius 1 is 1.35 bits per heavy atom. The number of nitrogens with two attached hydrogens (primary N) is 1. The van der Waals surface area contributed by atoms with Gasteiger partial charge in [-0.15, -0.1) is 0 Å². The molecule has 2 N–H and O–H groups in total. The smallest absolute Gasteiger partial charge is 0.154 e. The van der Waals surface area contributed by atoms with Crippen LogP contribution in [0.3, 0.4) is 0 Å². The molecule has 1 aromatic carbocycles. The summed E-state index contributed by atoms with van der Waals surface area (Å²) in [4.78, 5) is 0. The van der Waals surface area contributed by atoms with E-state index in [2.05, 4.69) is 0 Å². The molecule has 1 atom stereocenters. The van der Waals surface area contributed by atoms with Gasteiger partial charge >= 0.3 is 0 Å². The lowest BCUT2D eigenvalue weighted by Gasteiger charge is -2.26. The third-order valence-electron chi connectivity index (χ3n) is 3.38. The van der Waals surface area contributed by atoms with Crippen LogP contribution in [0.15, 0.2) is 18.2 Å². The zero-order valence-electron chi connectivity index (χ0n) is 10.2. The molecule has 0 aliphatic heterocycles. The van der Waals surface area contributed by atoms with Crippen LogP contribution in [0.25, 0.3) is 0 Å². The van der Waals surface area contributed by atoms with E-state index in [9.17, 15) is 4.39 Å². The number of ether oxygens (including phenoxy) is 2. The van der Waals surface area contributed by atoms with Crippen molar-refractivity contribution in [1.29, 1.82) is 0 Å². The summed E-state index contributed by atoms with van der Waals surface area (Å²) in [6.45, 7) is -0.0135. The molecule has 4 heteroatoms. The van der Waals surface area contributed by atoms with Gasteiger partial charge in [-0.1, -0.05) is 0 Å². The van der Waals surface area contributed by atoms with Crippen LogP contribution in [0.2, 0.25) is 0 Å².